The van der Waals surface area contributed by atoms with Crippen LogP contribution in [-0.2, 0) is 16.2 Å². The largest absolute Gasteiger partial charge is 0.311 e. The number of fused-ring (bicyclic) bond motifs is 2. The lowest BCUT2D eigenvalue weighted by Crippen LogP contribution is -2.50. The zero-order valence-corrected chi connectivity index (χ0v) is 19.5. The van der Waals surface area contributed by atoms with Crippen LogP contribution < -0.4 is 4.90 Å². The molecule has 2 heterocycles. The molecule has 0 N–H and O–H groups in total. The van der Waals surface area contributed by atoms with Gasteiger partial charge in [-0.3, -0.25) is 9.59 Å². The maximum absolute atomic E-state index is 14.1. The highest BCUT2D eigenvalue weighted by molar-refractivity contribution is 8.01. The van der Waals surface area contributed by atoms with Gasteiger partial charge in [0.2, 0.25) is 0 Å². The van der Waals surface area contributed by atoms with Gasteiger partial charge in [-0.25, -0.2) is 0 Å². The van der Waals surface area contributed by atoms with Crippen molar-refractivity contribution in [2.45, 2.75) is 18.3 Å². The minimum atomic E-state index is -1.16. The van der Waals surface area contributed by atoms with E-state index >= 15 is 0 Å². The quantitative estimate of drug-likeness (QED) is 0.530. The molecule has 1 spiro atoms. The molecule has 3 aromatic carbocycles. The van der Waals surface area contributed by atoms with Gasteiger partial charge in [0.25, 0.3) is 11.8 Å². The fourth-order valence-corrected chi connectivity index (χ4v) is 6.14. The summed E-state index contributed by atoms with van der Waals surface area (Å²) in [4.78, 5) is 29.9. The van der Waals surface area contributed by atoms with Crippen molar-refractivity contribution >= 4 is 40.9 Å². The molecule has 164 valence electrons. The highest BCUT2D eigenvalue weighted by atomic mass is 35.5. The lowest BCUT2D eigenvalue weighted by molar-refractivity contribution is -0.123. The third kappa shape index (κ3) is 3.49. The second kappa shape index (κ2) is 8.26. The van der Waals surface area contributed by atoms with Crippen LogP contribution >= 0.6 is 23.4 Å². The molecule has 2 aliphatic rings. The molecular formula is C26H20ClN3O2S. The van der Waals surface area contributed by atoms with Crippen molar-refractivity contribution in [2.75, 3.05) is 17.2 Å². The Labute approximate surface area is 201 Å². The van der Waals surface area contributed by atoms with Crippen LogP contribution in [0.1, 0.15) is 32.6 Å². The molecule has 3 aromatic rings. The molecule has 2 amide bonds. The number of carbonyl (C=O) groups is 2. The van der Waals surface area contributed by atoms with Crippen LogP contribution in [0, 0.1) is 18.3 Å². The van der Waals surface area contributed by atoms with Gasteiger partial charge in [0.15, 0.2) is 4.87 Å². The van der Waals surface area contributed by atoms with Crippen LogP contribution in [0.25, 0.3) is 0 Å². The zero-order chi connectivity index (χ0) is 23.2. The van der Waals surface area contributed by atoms with Crippen molar-refractivity contribution < 1.29 is 9.59 Å². The first kappa shape index (κ1) is 21.6. The maximum atomic E-state index is 14.1. The molecule has 0 aromatic heterocycles. The van der Waals surface area contributed by atoms with Crippen molar-refractivity contribution in [1.82, 2.24) is 4.90 Å². The number of anilines is 1. The van der Waals surface area contributed by atoms with Crippen LogP contribution in [-0.4, -0.2) is 29.0 Å². The molecule has 0 saturated carbocycles. The monoisotopic (exact) mass is 473 g/mol. The van der Waals surface area contributed by atoms with E-state index in [-0.39, 0.29) is 11.8 Å². The lowest BCUT2D eigenvalue weighted by atomic mass is 10.0. The van der Waals surface area contributed by atoms with E-state index < -0.39 is 4.87 Å². The molecule has 7 heteroatoms. The summed E-state index contributed by atoms with van der Waals surface area (Å²) in [5, 5.41) is 9.78. The van der Waals surface area contributed by atoms with Crippen LogP contribution in [0.4, 0.5) is 5.69 Å². The molecular weight excluding hydrogens is 454 g/mol. The molecule has 0 radical (unpaired) electrons. The number of nitrogens with zero attached hydrogens (tertiary/aromatic N) is 3. The van der Waals surface area contributed by atoms with Gasteiger partial charge in [-0.15, -0.1) is 11.8 Å². The first-order valence-corrected chi connectivity index (χ1v) is 11.9. The third-order valence-electron chi connectivity index (χ3n) is 6.10. The molecule has 0 bridgehead atoms. The Morgan fingerprint density at radius 1 is 1.15 bits per heavy atom. The Morgan fingerprint density at radius 3 is 2.70 bits per heavy atom. The van der Waals surface area contributed by atoms with Crippen LogP contribution in [0.2, 0.25) is 5.02 Å². The summed E-state index contributed by atoms with van der Waals surface area (Å²) in [5.41, 5.74) is 4.48. The average Bonchev–Trinajstić information content (AvgIpc) is 3.36. The van der Waals surface area contributed by atoms with E-state index in [9.17, 15) is 14.9 Å². The molecule has 0 aliphatic carbocycles. The van der Waals surface area contributed by atoms with E-state index in [0.717, 1.165) is 22.4 Å². The van der Waals surface area contributed by atoms with Gasteiger partial charge in [0.1, 0.15) is 0 Å². The topological polar surface area (TPSA) is 64.4 Å². The van der Waals surface area contributed by atoms with Crippen LogP contribution in [0.3, 0.4) is 0 Å². The van der Waals surface area contributed by atoms with Crippen molar-refractivity contribution in [3.8, 4) is 6.07 Å². The second-order valence-electron chi connectivity index (χ2n) is 8.18. The maximum Gasteiger partial charge on any atom is 0.268 e. The summed E-state index contributed by atoms with van der Waals surface area (Å²) < 4.78 is 0. The SMILES string of the molecule is Cc1ccc(C(=O)N2CCS[C@@]23C(=O)N(Cc2cccc(C#N)c2)c2ccc(Cl)cc23)cc1. The summed E-state index contributed by atoms with van der Waals surface area (Å²) in [5.74, 6) is 0.310. The lowest BCUT2D eigenvalue weighted by Gasteiger charge is -2.33. The Morgan fingerprint density at radius 2 is 1.94 bits per heavy atom. The number of thioether (sulfide) groups is 1. The van der Waals surface area contributed by atoms with Gasteiger partial charge in [0, 0.05) is 28.4 Å². The van der Waals surface area contributed by atoms with Crippen molar-refractivity contribution in [3.63, 3.8) is 0 Å². The Hall–Kier alpha value is -3.27. The molecule has 1 atom stereocenters. The highest BCUT2D eigenvalue weighted by Gasteiger charge is 2.59. The van der Waals surface area contributed by atoms with Gasteiger partial charge in [-0.2, -0.15) is 5.26 Å². The van der Waals surface area contributed by atoms with Crippen LogP contribution in [0.15, 0.2) is 66.7 Å². The van der Waals surface area contributed by atoms with E-state index in [1.165, 1.54) is 11.8 Å². The van der Waals surface area contributed by atoms with Gasteiger partial charge in [-0.05, 0) is 55.0 Å². The highest BCUT2D eigenvalue weighted by Crippen LogP contribution is 2.55. The number of nitriles is 1. The van der Waals surface area contributed by atoms with E-state index in [0.29, 0.717) is 35.0 Å². The number of hydrogen-bond acceptors (Lipinski definition) is 4. The average molecular weight is 474 g/mol. The van der Waals surface area contributed by atoms with E-state index in [1.54, 1.807) is 46.2 Å². The van der Waals surface area contributed by atoms with Crippen molar-refractivity contribution in [3.05, 3.63) is 99.6 Å². The van der Waals surface area contributed by atoms with E-state index in [2.05, 4.69) is 6.07 Å². The third-order valence-corrected chi connectivity index (χ3v) is 7.75. The normalized spacial score (nSPS) is 19.1. The zero-order valence-electron chi connectivity index (χ0n) is 17.9. The van der Waals surface area contributed by atoms with Gasteiger partial charge < -0.3 is 9.80 Å². The summed E-state index contributed by atoms with van der Waals surface area (Å²) >= 11 is 7.83. The van der Waals surface area contributed by atoms with Crippen molar-refractivity contribution in [1.29, 1.82) is 5.26 Å². The number of carbonyl (C=O) groups excluding carboxylic acids is 2. The Kier molecular flexibility index (Phi) is 5.40. The fourth-order valence-electron chi connectivity index (χ4n) is 4.52. The molecule has 5 rings (SSSR count). The summed E-state index contributed by atoms with van der Waals surface area (Å²) in [7, 11) is 0. The Bertz CT molecular complexity index is 1320. The number of amides is 2. The number of halogens is 1. The van der Waals surface area contributed by atoms with Crippen molar-refractivity contribution in [2.24, 2.45) is 0 Å². The van der Waals surface area contributed by atoms with Gasteiger partial charge in [0.05, 0.1) is 23.9 Å². The molecule has 33 heavy (non-hydrogen) atoms. The summed E-state index contributed by atoms with van der Waals surface area (Å²) in [6, 6.07) is 22.2. The molecule has 1 fully saturated rings. The number of rotatable bonds is 3. The smallest absolute Gasteiger partial charge is 0.268 e. The second-order valence-corrected chi connectivity index (χ2v) is 9.90. The number of hydrogen-bond donors (Lipinski definition) is 0. The summed E-state index contributed by atoms with van der Waals surface area (Å²) in [6.07, 6.45) is 0. The molecule has 1 saturated heterocycles. The first-order valence-electron chi connectivity index (χ1n) is 10.6. The fraction of sp³-hybridized carbons (Fsp3) is 0.192. The number of benzene rings is 3. The minimum Gasteiger partial charge on any atom is -0.311 e. The summed E-state index contributed by atoms with van der Waals surface area (Å²) in [6.45, 7) is 2.74. The van der Waals surface area contributed by atoms with E-state index in [4.69, 9.17) is 11.6 Å². The van der Waals surface area contributed by atoms with Crippen LogP contribution in [0.5, 0.6) is 0 Å². The predicted molar refractivity (Wildman–Crippen MR) is 130 cm³/mol. The number of aryl methyl sites for hydroxylation is 1. The molecule has 5 nitrogen and oxygen atoms in total. The van der Waals surface area contributed by atoms with Gasteiger partial charge >= 0.3 is 0 Å². The minimum absolute atomic E-state index is 0.162. The Balaban J connectivity index is 1.59. The van der Waals surface area contributed by atoms with Gasteiger partial charge in [-0.1, -0.05) is 41.4 Å². The standard InChI is InChI=1S/C26H20ClN3O2S/c1-17-5-7-20(8-6-17)24(31)30-11-12-33-26(30)22-14-21(27)9-10-23(22)29(25(26)32)16-19-4-2-3-18(13-19)15-28/h2-10,13-14H,11-12,16H2,1H3/t26-/m0/s1. The predicted octanol–water partition coefficient (Wildman–Crippen LogP) is 5.11. The first-order chi connectivity index (χ1) is 15.9. The molecule has 2 aliphatic heterocycles. The van der Waals surface area contributed by atoms with E-state index in [1.807, 2.05) is 37.3 Å². The molecule has 0 unspecified atom stereocenters.